The summed E-state index contributed by atoms with van der Waals surface area (Å²) in [4.78, 5) is 4.62. The van der Waals surface area contributed by atoms with Gasteiger partial charge in [-0.05, 0) is 30.7 Å². The van der Waals surface area contributed by atoms with E-state index in [0.29, 0.717) is 30.4 Å². The van der Waals surface area contributed by atoms with Gasteiger partial charge in [0.25, 0.3) is 0 Å². The fourth-order valence-corrected chi connectivity index (χ4v) is 3.70. The maximum absolute atomic E-state index is 12.4. The Morgan fingerprint density at radius 3 is 2.48 bits per heavy atom. The summed E-state index contributed by atoms with van der Waals surface area (Å²) in [6.07, 6.45) is 0.587. The van der Waals surface area contributed by atoms with Crippen molar-refractivity contribution in [2.24, 2.45) is 0 Å². The topological polar surface area (TPSA) is 100 Å². The lowest BCUT2D eigenvalue weighted by Gasteiger charge is -2.16. The van der Waals surface area contributed by atoms with Gasteiger partial charge in [0.15, 0.2) is 5.82 Å². The highest BCUT2D eigenvalue weighted by molar-refractivity contribution is 7.89. The molecule has 2 N–H and O–H groups in total. The van der Waals surface area contributed by atoms with Gasteiger partial charge in [0.1, 0.15) is 0 Å². The maximum Gasteiger partial charge on any atom is 0.245 e. The quantitative estimate of drug-likeness (QED) is 0.554. The van der Waals surface area contributed by atoms with Crippen molar-refractivity contribution in [1.29, 1.82) is 0 Å². The van der Waals surface area contributed by atoms with E-state index < -0.39 is 10.0 Å². The van der Waals surface area contributed by atoms with Crippen molar-refractivity contribution in [1.82, 2.24) is 14.4 Å². The van der Waals surface area contributed by atoms with Crippen molar-refractivity contribution in [3.8, 4) is 0 Å². The van der Waals surface area contributed by atoms with Crippen LogP contribution in [0, 0.1) is 0 Å². The molecule has 0 saturated heterocycles. The van der Waals surface area contributed by atoms with Crippen molar-refractivity contribution in [3.05, 3.63) is 65.8 Å². The molecule has 9 heteroatoms. The normalized spacial score (nSPS) is 11.6. The lowest BCUT2D eigenvalue weighted by atomic mass is 10.1. The molecule has 3 aromatic rings. The van der Waals surface area contributed by atoms with Crippen molar-refractivity contribution >= 4 is 21.4 Å². The molecular formula is C20H25N5O3S. The Bertz CT molecular complexity index is 1050. The van der Waals surface area contributed by atoms with Gasteiger partial charge >= 0.3 is 0 Å². The van der Waals surface area contributed by atoms with E-state index in [0.717, 1.165) is 11.3 Å². The molecule has 8 nitrogen and oxygen atoms in total. The zero-order chi connectivity index (χ0) is 20.9. The van der Waals surface area contributed by atoms with Crippen LogP contribution in [0.25, 0.3) is 0 Å². The predicted octanol–water partition coefficient (Wildman–Crippen LogP) is 2.95. The first kappa shape index (κ1) is 20.8. The Morgan fingerprint density at radius 2 is 1.79 bits per heavy atom. The van der Waals surface area contributed by atoms with Gasteiger partial charge in [-0.3, -0.25) is 0 Å². The van der Waals surface area contributed by atoms with Gasteiger partial charge in [-0.1, -0.05) is 35.5 Å². The molecule has 154 valence electrons. The Kier molecular flexibility index (Phi) is 6.50. The van der Waals surface area contributed by atoms with Crippen LogP contribution in [0.3, 0.4) is 0 Å². The largest absolute Gasteiger partial charge is 0.384 e. The molecule has 0 spiro atoms. The van der Waals surface area contributed by atoms with Crippen LogP contribution in [0.4, 0.5) is 11.4 Å². The molecule has 0 atom stereocenters. The van der Waals surface area contributed by atoms with Gasteiger partial charge in [-0.15, -0.1) is 0 Å². The number of nitrogens with zero attached hydrogens (tertiary/aromatic N) is 3. The van der Waals surface area contributed by atoms with Crippen LogP contribution in [-0.2, 0) is 23.0 Å². The zero-order valence-electron chi connectivity index (χ0n) is 16.7. The van der Waals surface area contributed by atoms with Crippen LogP contribution < -0.4 is 10.6 Å². The first-order valence-electron chi connectivity index (χ1n) is 9.30. The molecule has 0 aliphatic carbocycles. The second kappa shape index (κ2) is 9.06. The Hall–Kier alpha value is -2.91. The smallest absolute Gasteiger partial charge is 0.245 e. The minimum Gasteiger partial charge on any atom is -0.384 e. The van der Waals surface area contributed by atoms with E-state index in [9.17, 15) is 8.42 Å². The predicted molar refractivity (Wildman–Crippen MR) is 112 cm³/mol. The molecule has 0 aliphatic rings. The van der Waals surface area contributed by atoms with Gasteiger partial charge < -0.3 is 15.2 Å². The van der Waals surface area contributed by atoms with Crippen molar-refractivity contribution in [2.45, 2.75) is 24.8 Å². The third-order valence-electron chi connectivity index (χ3n) is 4.28. The number of hydrogen-bond donors (Lipinski definition) is 2. The average molecular weight is 416 g/mol. The summed E-state index contributed by atoms with van der Waals surface area (Å²) >= 11 is 0. The summed E-state index contributed by atoms with van der Waals surface area (Å²) in [7, 11) is -0.516. The molecule has 0 unspecified atom stereocenters. The molecule has 0 aliphatic heterocycles. The van der Waals surface area contributed by atoms with E-state index in [1.807, 2.05) is 37.3 Å². The molecule has 1 heterocycles. The van der Waals surface area contributed by atoms with Crippen molar-refractivity contribution < 1.29 is 12.9 Å². The Balaban J connectivity index is 1.75. The fourth-order valence-electron chi connectivity index (χ4n) is 2.77. The highest BCUT2D eigenvalue weighted by atomic mass is 32.2. The SMILES string of the molecule is CCNc1ccc(S(=O)(=O)N(C)C)cc1NCc1nc(Cc2ccccc2)no1. The number of nitrogens with one attached hydrogen (secondary N) is 2. The minimum atomic E-state index is -3.53. The Morgan fingerprint density at radius 1 is 1.03 bits per heavy atom. The van der Waals surface area contributed by atoms with Gasteiger partial charge in [-0.25, -0.2) is 12.7 Å². The number of aromatic nitrogens is 2. The van der Waals surface area contributed by atoms with E-state index in [4.69, 9.17) is 4.52 Å². The number of hydrogen-bond acceptors (Lipinski definition) is 7. The summed E-state index contributed by atoms with van der Waals surface area (Å²) in [5.74, 6) is 1.03. The third-order valence-corrected chi connectivity index (χ3v) is 6.09. The van der Waals surface area contributed by atoms with Gasteiger partial charge in [0.2, 0.25) is 15.9 Å². The number of sulfonamides is 1. The van der Waals surface area contributed by atoms with Crippen molar-refractivity contribution in [3.63, 3.8) is 0 Å². The lowest BCUT2D eigenvalue weighted by molar-refractivity contribution is 0.378. The highest BCUT2D eigenvalue weighted by Crippen LogP contribution is 2.27. The van der Waals surface area contributed by atoms with E-state index in [1.54, 1.807) is 18.2 Å². The summed E-state index contributed by atoms with van der Waals surface area (Å²) < 4.78 is 31.4. The number of benzene rings is 2. The molecule has 2 aromatic carbocycles. The highest BCUT2D eigenvalue weighted by Gasteiger charge is 2.19. The standard InChI is InChI=1S/C20H25N5O3S/c1-4-21-17-11-10-16(29(26,27)25(2)3)13-18(17)22-14-20-23-19(24-28-20)12-15-8-6-5-7-9-15/h5-11,13,21-22H,4,12,14H2,1-3H3. The molecule has 29 heavy (non-hydrogen) atoms. The summed E-state index contributed by atoms with van der Waals surface area (Å²) in [6, 6.07) is 14.8. The first-order valence-corrected chi connectivity index (χ1v) is 10.7. The second-order valence-electron chi connectivity index (χ2n) is 6.65. The van der Waals surface area contributed by atoms with Crippen LogP contribution in [0.15, 0.2) is 57.9 Å². The number of anilines is 2. The van der Waals surface area contributed by atoms with Crippen LogP contribution in [0.5, 0.6) is 0 Å². The van der Waals surface area contributed by atoms with Gasteiger partial charge in [-0.2, -0.15) is 4.98 Å². The lowest BCUT2D eigenvalue weighted by Crippen LogP contribution is -2.22. The molecule has 0 fully saturated rings. The maximum atomic E-state index is 12.4. The second-order valence-corrected chi connectivity index (χ2v) is 8.80. The summed E-state index contributed by atoms with van der Waals surface area (Å²) in [5, 5.41) is 10.4. The van der Waals surface area contributed by atoms with Crippen LogP contribution >= 0.6 is 0 Å². The van der Waals surface area contributed by atoms with E-state index in [-0.39, 0.29) is 11.4 Å². The summed E-state index contributed by atoms with van der Waals surface area (Å²) in [5.41, 5.74) is 2.55. The van der Waals surface area contributed by atoms with Gasteiger partial charge in [0.05, 0.1) is 22.8 Å². The van der Waals surface area contributed by atoms with E-state index >= 15 is 0 Å². The molecule has 0 bridgehead atoms. The van der Waals surface area contributed by atoms with E-state index in [2.05, 4.69) is 20.8 Å². The molecule has 0 saturated carbocycles. The monoisotopic (exact) mass is 415 g/mol. The molecule has 3 rings (SSSR count). The van der Waals surface area contributed by atoms with Crippen LogP contribution in [-0.4, -0.2) is 43.5 Å². The number of rotatable bonds is 9. The molecular weight excluding hydrogens is 390 g/mol. The third kappa shape index (κ3) is 5.12. The Labute approximate surface area is 171 Å². The van der Waals surface area contributed by atoms with Crippen molar-refractivity contribution in [2.75, 3.05) is 31.3 Å². The molecule has 1 aromatic heterocycles. The van der Waals surface area contributed by atoms with Gasteiger partial charge in [0, 0.05) is 27.1 Å². The zero-order valence-corrected chi connectivity index (χ0v) is 17.5. The molecule has 0 amide bonds. The summed E-state index contributed by atoms with van der Waals surface area (Å²) in [6.45, 7) is 2.96. The minimum absolute atomic E-state index is 0.210. The average Bonchev–Trinajstić information content (AvgIpc) is 3.15. The van der Waals surface area contributed by atoms with E-state index in [1.165, 1.54) is 18.4 Å². The van der Waals surface area contributed by atoms with Crippen LogP contribution in [0.2, 0.25) is 0 Å². The van der Waals surface area contributed by atoms with Crippen LogP contribution in [0.1, 0.15) is 24.2 Å². The molecule has 0 radical (unpaired) electrons. The first-order chi connectivity index (χ1) is 13.9. The fraction of sp³-hybridized carbons (Fsp3) is 0.300.